The topological polar surface area (TPSA) is 51.2 Å². The van der Waals surface area contributed by atoms with Gasteiger partial charge in [0.25, 0.3) is 0 Å². The first kappa shape index (κ1) is 19.7. The van der Waals surface area contributed by atoms with E-state index >= 15 is 0 Å². The van der Waals surface area contributed by atoms with Crippen LogP contribution in [-0.2, 0) is 9.53 Å². The molecule has 0 aliphatic heterocycles. The van der Waals surface area contributed by atoms with E-state index in [2.05, 4.69) is 15.0 Å². The predicted molar refractivity (Wildman–Crippen MR) is 92.3 cm³/mol. The molecule has 0 bridgehead atoms. The number of benzene rings is 1. The highest BCUT2D eigenvalue weighted by Gasteiger charge is 2.27. The maximum Gasteiger partial charge on any atom is 0.411 e. The molecular weight excluding hydrogens is 373 g/mol. The minimum Gasteiger partial charge on any atom is -0.372 e. The molecule has 1 heterocycles. The number of rotatable bonds is 7. The lowest BCUT2D eigenvalue weighted by atomic mass is 10.2. The second kappa shape index (κ2) is 8.68. The van der Waals surface area contributed by atoms with Crippen LogP contribution in [0.4, 0.5) is 18.9 Å². The molecule has 0 fully saturated rings. The highest BCUT2D eigenvalue weighted by Crippen LogP contribution is 2.32. The molecule has 0 aliphatic rings. The van der Waals surface area contributed by atoms with Gasteiger partial charge in [0.1, 0.15) is 6.61 Å². The number of thiazole rings is 1. The van der Waals surface area contributed by atoms with Gasteiger partial charge in [0.05, 0.1) is 13.0 Å². The Morgan fingerprint density at radius 2 is 2.12 bits per heavy atom. The zero-order valence-corrected chi connectivity index (χ0v) is 15.3. The molecule has 2 rings (SSSR count). The molecule has 0 aliphatic carbocycles. The predicted octanol–water partition coefficient (Wildman–Crippen LogP) is 4.82. The largest absolute Gasteiger partial charge is 0.411 e. The van der Waals surface area contributed by atoms with Crippen LogP contribution in [-0.4, -0.2) is 30.3 Å². The van der Waals surface area contributed by atoms with Crippen LogP contribution in [0.15, 0.2) is 32.8 Å². The molecule has 0 saturated heterocycles. The quantitative estimate of drug-likeness (QED) is 0.689. The number of halogens is 3. The number of ether oxygens (including phenoxy) is 1. The summed E-state index contributed by atoms with van der Waals surface area (Å²) >= 11 is 3.10. The molecule has 0 spiro atoms. The molecule has 136 valence electrons. The van der Waals surface area contributed by atoms with Crippen molar-refractivity contribution < 1.29 is 22.7 Å². The third kappa shape index (κ3) is 7.05. The number of aromatic nitrogens is 1. The first-order valence-electron chi connectivity index (χ1n) is 7.38. The molecule has 4 nitrogen and oxygen atoms in total. The number of hydrogen-bond donors (Lipinski definition) is 1. The van der Waals surface area contributed by atoms with Crippen LogP contribution in [0.3, 0.4) is 0 Å². The van der Waals surface area contributed by atoms with Crippen molar-refractivity contribution in [3.8, 4) is 0 Å². The van der Waals surface area contributed by atoms with E-state index in [0.29, 0.717) is 5.69 Å². The Bertz CT molecular complexity index is 732. The minimum absolute atomic E-state index is 0.135. The number of hydrogen-bond acceptors (Lipinski definition) is 5. The second-order valence-electron chi connectivity index (χ2n) is 5.30. The molecule has 1 amide bonds. The van der Waals surface area contributed by atoms with Gasteiger partial charge in [-0.25, -0.2) is 4.98 Å². The van der Waals surface area contributed by atoms with Gasteiger partial charge in [-0.3, -0.25) is 4.79 Å². The molecule has 0 radical (unpaired) electrons. The molecule has 0 unspecified atom stereocenters. The summed E-state index contributed by atoms with van der Waals surface area (Å²) in [6.07, 6.45) is -4.51. The van der Waals surface area contributed by atoms with E-state index in [1.165, 1.54) is 11.8 Å². The minimum atomic E-state index is -4.38. The first-order valence-corrected chi connectivity index (χ1v) is 9.07. The summed E-state index contributed by atoms with van der Waals surface area (Å²) in [4.78, 5) is 17.2. The van der Waals surface area contributed by atoms with Gasteiger partial charge in [0.2, 0.25) is 5.91 Å². The van der Waals surface area contributed by atoms with Crippen molar-refractivity contribution in [3.05, 3.63) is 34.8 Å². The van der Waals surface area contributed by atoms with E-state index in [1.54, 1.807) is 17.4 Å². The average molecular weight is 390 g/mol. The summed E-state index contributed by atoms with van der Waals surface area (Å²) in [5.41, 5.74) is 2.46. The Morgan fingerprint density at radius 3 is 2.72 bits per heavy atom. The Morgan fingerprint density at radius 1 is 1.36 bits per heavy atom. The van der Waals surface area contributed by atoms with Crippen molar-refractivity contribution in [1.29, 1.82) is 0 Å². The van der Waals surface area contributed by atoms with Gasteiger partial charge in [0, 0.05) is 21.7 Å². The summed E-state index contributed by atoms with van der Waals surface area (Å²) < 4.78 is 41.2. The number of carbonyl (C=O) groups is 1. The lowest BCUT2D eigenvalue weighted by Crippen LogP contribution is -2.20. The maximum absolute atomic E-state index is 11.9. The van der Waals surface area contributed by atoms with Crippen molar-refractivity contribution in [2.75, 3.05) is 18.5 Å². The summed E-state index contributed by atoms with van der Waals surface area (Å²) in [5.74, 6) is -0.388. The summed E-state index contributed by atoms with van der Waals surface area (Å²) in [6.45, 7) is 2.17. The fourth-order valence-corrected chi connectivity index (χ4v) is 3.79. The molecule has 1 N–H and O–H groups in total. The third-order valence-corrected chi connectivity index (χ3v) is 5.06. The molecule has 1 aromatic heterocycles. The summed E-state index contributed by atoms with van der Waals surface area (Å²) in [5, 5.41) is 4.66. The fraction of sp³-hybridized carbons (Fsp3) is 0.375. The second-order valence-corrected chi connectivity index (χ2v) is 7.48. The van der Waals surface area contributed by atoms with Crippen LogP contribution >= 0.6 is 23.1 Å². The van der Waals surface area contributed by atoms with Crippen LogP contribution in [0, 0.1) is 13.8 Å². The molecule has 0 atom stereocenters. The average Bonchev–Trinajstić information content (AvgIpc) is 2.91. The number of alkyl halides is 3. The van der Waals surface area contributed by atoms with Crippen LogP contribution in [0.1, 0.15) is 17.7 Å². The van der Waals surface area contributed by atoms with Crippen molar-refractivity contribution in [2.24, 2.45) is 0 Å². The van der Waals surface area contributed by atoms with E-state index < -0.39 is 12.8 Å². The van der Waals surface area contributed by atoms with E-state index in [1.807, 2.05) is 31.4 Å². The SMILES string of the molecule is Cc1csc(Sc2ccc(NC(=O)CCOCC(F)(F)F)c(C)c2)n1. The van der Waals surface area contributed by atoms with Gasteiger partial charge in [-0.05, 0) is 37.6 Å². The monoisotopic (exact) mass is 390 g/mol. The Balaban J connectivity index is 1.84. The van der Waals surface area contributed by atoms with Crippen molar-refractivity contribution in [1.82, 2.24) is 4.98 Å². The zero-order chi connectivity index (χ0) is 18.4. The Hall–Kier alpha value is -1.58. The first-order chi connectivity index (χ1) is 11.7. The lowest BCUT2D eigenvalue weighted by molar-refractivity contribution is -0.174. The molecule has 9 heteroatoms. The van der Waals surface area contributed by atoms with Crippen LogP contribution in [0.2, 0.25) is 0 Å². The van der Waals surface area contributed by atoms with Gasteiger partial charge in [-0.15, -0.1) is 11.3 Å². The zero-order valence-electron chi connectivity index (χ0n) is 13.6. The van der Waals surface area contributed by atoms with Crippen LogP contribution in [0.5, 0.6) is 0 Å². The summed E-state index contributed by atoms with van der Waals surface area (Å²) in [7, 11) is 0. The van der Waals surface area contributed by atoms with E-state index in [-0.39, 0.29) is 18.9 Å². The van der Waals surface area contributed by atoms with Gasteiger partial charge in [-0.1, -0.05) is 11.8 Å². The lowest BCUT2D eigenvalue weighted by Gasteiger charge is -2.10. The van der Waals surface area contributed by atoms with E-state index in [4.69, 9.17) is 0 Å². The van der Waals surface area contributed by atoms with Gasteiger partial charge in [-0.2, -0.15) is 13.2 Å². The number of carbonyl (C=O) groups excluding carboxylic acids is 1. The normalized spacial score (nSPS) is 11.6. The van der Waals surface area contributed by atoms with Crippen LogP contribution in [0.25, 0.3) is 0 Å². The van der Waals surface area contributed by atoms with Crippen molar-refractivity contribution in [3.63, 3.8) is 0 Å². The molecule has 25 heavy (non-hydrogen) atoms. The van der Waals surface area contributed by atoms with Crippen molar-refractivity contribution >= 4 is 34.7 Å². The van der Waals surface area contributed by atoms with Gasteiger partial charge in [0.15, 0.2) is 4.34 Å². The van der Waals surface area contributed by atoms with Gasteiger partial charge >= 0.3 is 6.18 Å². The molecule has 1 aromatic carbocycles. The van der Waals surface area contributed by atoms with Crippen LogP contribution < -0.4 is 5.32 Å². The van der Waals surface area contributed by atoms with E-state index in [0.717, 1.165) is 20.5 Å². The Labute approximate surface area is 151 Å². The number of nitrogens with zero attached hydrogens (tertiary/aromatic N) is 1. The molecular formula is C16H17F3N2O2S2. The van der Waals surface area contributed by atoms with Crippen molar-refractivity contribution in [2.45, 2.75) is 35.7 Å². The number of aryl methyl sites for hydroxylation is 2. The molecule has 0 saturated carbocycles. The molecule has 2 aromatic rings. The van der Waals surface area contributed by atoms with Gasteiger partial charge < -0.3 is 10.1 Å². The summed E-state index contributed by atoms with van der Waals surface area (Å²) in [6, 6.07) is 5.56. The highest BCUT2D eigenvalue weighted by atomic mass is 32.2. The smallest absolute Gasteiger partial charge is 0.372 e. The fourth-order valence-electron chi connectivity index (χ4n) is 1.89. The number of anilines is 1. The maximum atomic E-state index is 11.9. The number of nitrogens with one attached hydrogen (secondary N) is 1. The number of amides is 1. The van der Waals surface area contributed by atoms with E-state index in [9.17, 15) is 18.0 Å². The standard InChI is InChI=1S/C16H17F3N2O2S2/c1-10-7-12(25-15-20-11(2)8-24-15)3-4-13(10)21-14(22)5-6-23-9-16(17,18)19/h3-4,7-8H,5-6,9H2,1-2H3,(H,21,22). The Kier molecular flexibility index (Phi) is 6.86. The highest BCUT2D eigenvalue weighted by molar-refractivity contribution is 8.01. The third-order valence-electron chi connectivity index (χ3n) is 3.01.